The van der Waals surface area contributed by atoms with Crippen molar-refractivity contribution in [1.82, 2.24) is 0 Å². The molecule has 0 atom stereocenters. The van der Waals surface area contributed by atoms with Crippen molar-refractivity contribution < 1.29 is 0 Å². The summed E-state index contributed by atoms with van der Waals surface area (Å²) >= 11 is 1.85. The average Bonchev–Trinajstić information content (AvgIpc) is 2.70. The molecule has 0 radical (unpaired) electrons. The summed E-state index contributed by atoms with van der Waals surface area (Å²) in [6.07, 6.45) is 3.63. The first-order chi connectivity index (χ1) is 12.4. The zero-order chi connectivity index (χ0) is 17.2. The van der Waals surface area contributed by atoms with Gasteiger partial charge in [0, 0.05) is 0 Å². The SMILES string of the molecule is C(/CC[Te]c1ccccc1)=C(/CSc1ccccc1)c1ccccc1. The summed E-state index contributed by atoms with van der Waals surface area (Å²) in [5.41, 5.74) is 2.81. The molecule has 126 valence electrons. The van der Waals surface area contributed by atoms with Gasteiger partial charge in [0.1, 0.15) is 0 Å². The second-order valence-electron chi connectivity index (χ2n) is 5.65. The molecule has 3 rings (SSSR count). The van der Waals surface area contributed by atoms with Crippen LogP contribution < -0.4 is 3.61 Å². The molecule has 0 spiro atoms. The molecule has 0 saturated heterocycles. The topological polar surface area (TPSA) is 0 Å². The normalized spacial score (nSPS) is 11.4. The third-order valence-electron chi connectivity index (χ3n) is 3.80. The van der Waals surface area contributed by atoms with Gasteiger partial charge in [-0.2, -0.15) is 0 Å². The zero-order valence-electron chi connectivity index (χ0n) is 14.2. The van der Waals surface area contributed by atoms with Crippen molar-refractivity contribution in [2.24, 2.45) is 0 Å². The van der Waals surface area contributed by atoms with E-state index in [0.717, 1.165) is 5.75 Å². The van der Waals surface area contributed by atoms with Gasteiger partial charge in [-0.25, -0.2) is 0 Å². The predicted octanol–water partition coefficient (Wildman–Crippen LogP) is 5.70. The Kier molecular flexibility index (Phi) is 7.71. The van der Waals surface area contributed by atoms with Gasteiger partial charge in [0.15, 0.2) is 0 Å². The Morgan fingerprint density at radius 1 is 0.760 bits per heavy atom. The Bertz CT molecular complexity index is 767. The van der Waals surface area contributed by atoms with E-state index in [-0.39, 0.29) is 20.9 Å². The van der Waals surface area contributed by atoms with Crippen LogP contribution in [0.15, 0.2) is 102 Å². The van der Waals surface area contributed by atoms with Gasteiger partial charge in [-0.3, -0.25) is 0 Å². The number of allylic oxidation sites excluding steroid dienone is 1. The van der Waals surface area contributed by atoms with Crippen molar-refractivity contribution in [3.63, 3.8) is 0 Å². The van der Waals surface area contributed by atoms with Gasteiger partial charge in [0.25, 0.3) is 0 Å². The fourth-order valence-corrected chi connectivity index (χ4v) is 5.82. The molecule has 0 aliphatic rings. The molecule has 0 unspecified atom stereocenters. The van der Waals surface area contributed by atoms with E-state index >= 15 is 0 Å². The van der Waals surface area contributed by atoms with Gasteiger partial charge in [0.05, 0.1) is 0 Å². The molecule has 0 heterocycles. The van der Waals surface area contributed by atoms with Crippen LogP contribution in [0.5, 0.6) is 0 Å². The standard InChI is InChI=1S/C23H22STe/c1-4-11-20(12-5-1)21(19-24-22-14-6-2-7-15-22)13-10-18-25-23-16-8-3-9-17-23/h1-9,11-17H,10,18-19H2/b21-13+. The number of thioether (sulfide) groups is 1. The Labute approximate surface area is 165 Å². The van der Waals surface area contributed by atoms with Gasteiger partial charge in [-0.1, -0.05) is 0 Å². The third kappa shape index (κ3) is 6.40. The predicted molar refractivity (Wildman–Crippen MR) is 113 cm³/mol. The first-order valence-corrected chi connectivity index (χ1v) is 12.3. The molecule has 0 aliphatic carbocycles. The Hall–Kier alpha value is -1.46. The van der Waals surface area contributed by atoms with Crippen molar-refractivity contribution in [3.8, 4) is 0 Å². The molecule has 3 aromatic rings. The van der Waals surface area contributed by atoms with E-state index in [9.17, 15) is 0 Å². The summed E-state index contributed by atoms with van der Waals surface area (Å²) in [5.74, 6) is 1.03. The summed E-state index contributed by atoms with van der Waals surface area (Å²) in [4.78, 5) is 1.34. The first-order valence-electron chi connectivity index (χ1n) is 8.52. The molecular formula is C23H22STe. The number of hydrogen-bond donors (Lipinski definition) is 0. The molecule has 0 saturated carbocycles. The molecule has 3 aromatic carbocycles. The second kappa shape index (κ2) is 10.5. The molecule has 0 bridgehead atoms. The number of rotatable bonds is 8. The van der Waals surface area contributed by atoms with Crippen molar-refractivity contribution in [2.45, 2.75) is 15.8 Å². The average molecular weight is 458 g/mol. The van der Waals surface area contributed by atoms with E-state index in [4.69, 9.17) is 0 Å². The second-order valence-corrected chi connectivity index (χ2v) is 10.0. The van der Waals surface area contributed by atoms with Crippen LogP contribution in [0, 0.1) is 0 Å². The van der Waals surface area contributed by atoms with E-state index in [1.54, 1.807) is 3.61 Å². The maximum atomic E-state index is 2.46. The van der Waals surface area contributed by atoms with Gasteiger partial charge < -0.3 is 0 Å². The summed E-state index contributed by atoms with van der Waals surface area (Å²) in [6.45, 7) is 0. The number of hydrogen-bond acceptors (Lipinski definition) is 1. The van der Waals surface area contributed by atoms with Crippen LogP contribution in [0.3, 0.4) is 0 Å². The molecule has 0 fully saturated rings. The van der Waals surface area contributed by atoms with Gasteiger partial charge in [0.2, 0.25) is 0 Å². The van der Waals surface area contributed by atoms with Gasteiger partial charge in [-0.15, -0.1) is 0 Å². The van der Waals surface area contributed by atoms with Gasteiger partial charge >= 0.3 is 166 Å². The van der Waals surface area contributed by atoms with Crippen LogP contribution in [0.2, 0.25) is 4.47 Å². The Morgan fingerprint density at radius 3 is 2.04 bits per heavy atom. The first kappa shape index (κ1) is 18.3. The quantitative estimate of drug-likeness (QED) is 0.237. The minimum absolute atomic E-state index is 0.0674. The van der Waals surface area contributed by atoms with E-state index in [2.05, 4.69) is 97.1 Å². The van der Waals surface area contributed by atoms with Crippen molar-refractivity contribution in [1.29, 1.82) is 0 Å². The van der Waals surface area contributed by atoms with Crippen LogP contribution in [0.25, 0.3) is 5.57 Å². The molecular weight excluding hydrogens is 436 g/mol. The summed E-state index contributed by atoms with van der Waals surface area (Å²) in [6, 6.07) is 32.4. The van der Waals surface area contributed by atoms with Crippen LogP contribution in [-0.2, 0) is 0 Å². The van der Waals surface area contributed by atoms with Crippen LogP contribution in [-0.4, -0.2) is 26.7 Å². The fraction of sp³-hybridized carbons (Fsp3) is 0.130. The van der Waals surface area contributed by atoms with Crippen molar-refractivity contribution in [3.05, 3.63) is 103 Å². The summed E-state index contributed by atoms with van der Waals surface area (Å²) < 4.78 is 2.88. The Morgan fingerprint density at radius 2 is 1.36 bits per heavy atom. The monoisotopic (exact) mass is 460 g/mol. The fourth-order valence-electron chi connectivity index (χ4n) is 2.52. The van der Waals surface area contributed by atoms with E-state index in [1.807, 2.05) is 11.8 Å². The van der Waals surface area contributed by atoms with E-state index in [1.165, 1.54) is 26.9 Å². The van der Waals surface area contributed by atoms with Gasteiger partial charge in [-0.05, 0) is 0 Å². The molecule has 25 heavy (non-hydrogen) atoms. The maximum absolute atomic E-state index is 2.46. The van der Waals surface area contributed by atoms with E-state index < -0.39 is 0 Å². The van der Waals surface area contributed by atoms with E-state index in [0.29, 0.717) is 0 Å². The third-order valence-corrected chi connectivity index (χ3v) is 7.85. The molecule has 0 aromatic heterocycles. The molecule has 0 amide bonds. The van der Waals surface area contributed by atoms with Crippen molar-refractivity contribution >= 4 is 41.9 Å². The zero-order valence-corrected chi connectivity index (χ0v) is 17.3. The molecule has 0 aliphatic heterocycles. The van der Waals surface area contributed by atoms with Crippen LogP contribution in [0.1, 0.15) is 12.0 Å². The molecule has 2 heteroatoms. The summed E-state index contributed by atoms with van der Waals surface area (Å²) in [5, 5.41) is 0. The summed E-state index contributed by atoms with van der Waals surface area (Å²) in [7, 11) is 0. The molecule has 0 nitrogen and oxygen atoms in total. The Balaban J connectivity index is 1.61. The van der Waals surface area contributed by atoms with Crippen molar-refractivity contribution in [2.75, 3.05) is 5.75 Å². The molecule has 0 N–H and O–H groups in total. The minimum atomic E-state index is -0.0674. The number of benzene rings is 3. The van der Waals surface area contributed by atoms with Crippen LogP contribution in [0.4, 0.5) is 0 Å². The van der Waals surface area contributed by atoms with Crippen LogP contribution >= 0.6 is 11.8 Å².